The summed E-state index contributed by atoms with van der Waals surface area (Å²) in [4.78, 5) is 16.9. The van der Waals surface area contributed by atoms with Crippen molar-refractivity contribution < 1.29 is 9.47 Å². The average Bonchev–Trinajstić information content (AvgIpc) is 3.38. The van der Waals surface area contributed by atoms with E-state index in [0.29, 0.717) is 39.2 Å². The van der Waals surface area contributed by atoms with Crippen molar-refractivity contribution in [2.45, 2.75) is 13.5 Å². The van der Waals surface area contributed by atoms with E-state index in [4.69, 9.17) is 26.1 Å². The minimum atomic E-state index is 0.414. The summed E-state index contributed by atoms with van der Waals surface area (Å²) >= 11 is 6.69. The number of aromatic amines is 1. The average molecular weight is 447 g/mol. The fourth-order valence-corrected chi connectivity index (χ4v) is 4.04. The van der Waals surface area contributed by atoms with Crippen LogP contribution in [0.2, 0.25) is 5.02 Å². The Morgan fingerprint density at radius 3 is 2.88 bits per heavy atom. The van der Waals surface area contributed by atoms with Crippen LogP contribution in [0.15, 0.2) is 48.9 Å². The van der Waals surface area contributed by atoms with Gasteiger partial charge in [-0.05, 0) is 31.2 Å². The number of imidazole rings is 1. The summed E-state index contributed by atoms with van der Waals surface area (Å²) in [5.74, 6) is 2.55. The second-order valence-electron chi connectivity index (χ2n) is 7.96. The summed E-state index contributed by atoms with van der Waals surface area (Å²) in [5.41, 5.74) is 4.68. The highest BCUT2D eigenvalue weighted by molar-refractivity contribution is 6.36. The number of ether oxygens (including phenoxy) is 2. The van der Waals surface area contributed by atoms with Crippen molar-refractivity contribution in [1.29, 1.82) is 0 Å². The minimum Gasteiger partial charge on any atom is -0.456 e. The van der Waals surface area contributed by atoms with Crippen molar-refractivity contribution in [1.82, 2.24) is 29.7 Å². The lowest BCUT2D eigenvalue weighted by Gasteiger charge is -2.25. The lowest BCUT2D eigenvalue weighted by atomic mass is 10.1. The highest BCUT2D eigenvalue weighted by atomic mass is 35.5. The molecule has 1 aliphatic heterocycles. The number of benzene rings is 2. The molecule has 0 unspecified atom stereocenters. The predicted octanol–water partition coefficient (Wildman–Crippen LogP) is 4.77. The standard InChI is InChI=1S/C23H19ClN6O2/c1-13-27-17-3-2-16(6-19(17)28-13)32-21-5-4-18-23(22(21)24)29-20(8-25-18)15-7-26-30(10-15)9-14-11-31-12-14/h2-8,10,14H,9,11-12H2,1H3,(H,27,28). The van der Waals surface area contributed by atoms with Gasteiger partial charge >= 0.3 is 0 Å². The molecule has 6 rings (SSSR count). The number of halogens is 1. The first-order valence-corrected chi connectivity index (χ1v) is 10.7. The summed E-state index contributed by atoms with van der Waals surface area (Å²) in [6.07, 6.45) is 5.51. The number of hydrogen-bond acceptors (Lipinski definition) is 6. The summed E-state index contributed by atoms with van der Waals surface area (Å²) in [6.45, 7) is 4.33. The van der Waals surface area contributed by atoms with Crippen LogP contribution in [-0.4, -0.2) is 42.9 Å². The molecule has 1 saturated heterocycles. The maximum absolute atomic E-state index is 6.69. The maximum Gasteiger partial charge on any atom is 0.148 e. The van der Waals surface area contributed by atoms with Gasteiger partial charge in [0.15, 0.2) is 0 Å². The van der Waals surface area contributed by atoms with E-state index >= 15 is 0 Å². The molecule has 1 fully saturated rings. The highest BCUT2D eigenvalue weighted by Crippen LogP contribution is 2.35. The molecule has 32 heavy (non-hydrogen) atoms. The van der Waals surface area contributed by atoms with Gasteiger partial charge in [0.1, 0.15) is 27.9 Å². The van der Waals surface area contributed by atoms with Crippen molar-refractivity contribution in [2.75, 3.05) is 13.2 Å². The van der Waals surface area contributed by atoms with Gasteiger partial charge in [-0.1, -0.05) is 11.6 Å². The molecule has 0 amide bonds. The van der Waals surface area contributed by atoms with E-state index in [1.54, 1.807) is 18.5 Å². The monoisotopic (exact) mass is 446 g/mol. The molecular weight excluding hydrogens is 428 g/mol. The van der Waals surface area contributed by atoms with E-state index in [0.717, 1.165) is 42.2 Å². The minimum absolute atomic E-state index is 0.414. The first-order valence-electron chi connectivity index (χ1n) is 10.3. The van der Waals surface area contributed by atoms with E-state index in [1.165, 1.54) is 0 Å². The predicted molar refractivity (Wildman–Crippen MR) is 121 cm³/mol. The molecule has 0 bridgehead atoms. The van der Waals surface area contributed by atoms with Gasteiger partial charge in [-0.15, -0.1) is 0 Å². The number of nitrogens with one attached hydrogen (secondary N) is 1. The third-order valence-electron chi connectivity index (χ3n) is 5.50. The third-order valence-corrected chi connectivity index (χ3v) is 5.86. The number of aryl methyl sites for hydroxylation is 1. The van der Waals surface area contributed by atoms with Crippen molar-refractivity contribution in [3.63, 3.8) is 0 Å². The van der Waals surface area contributed by atoms with Crippen LogP contribution in [0.3, 0.4) is 0 Å². The van der Waals surface area contributed by atoms with Gasteiger partial charge in [0.25, 0.3) is 0 Å². The van der Waals surface area contributed by atoms with Crippen LogP contribution >= 0.6 is 11.6 Å². The Labute approximate surface area is 188 Å². The first kappa shape index (κ1) is 19.2. The van der Waals surface area contributed by atoms with Gasteiger partial charge in [0, 0.05) is 30.3 Å². The van der Waals surface area contributed by atoms with Gasteiger partial charge in [-0.25, -0.2) is 9.97 Å². The Kier molecular flexibility index (Phi) is 4.55. The van der Waals surface area contributed by atoms with Crippen LogP contribution in [0.4, 0.5) is 0 Å². The fraction of sp³-hybridized carbons (Fsp3) is 0.217. The Morgan fingerprint density at radius 2 is 2.03 bits per heavy atom. The van der Waals surface area contributed by atoms with Gasteiger partial charge in [0.2, 0.25) is 0 Å². The zero-order chi connectivity index (χ0) is 21.7. The summed E-state index contributed by atoms with van der Waals surface area (Å²) < 4.78 is 13.2. The van der Waals surface area contributed by atoms with Crippen molar-refractivity contribution in [3.05, 3.63) is 59.8 Å². The molecular formula is C23H19ClN6O2. The van der Waals surface area contributed by atoms with Crippen LogP contribution in [0, 0.1) is 12.8 Å². The number of hydrogen-bond donors (Lipinski definition) is 1. The number of rotatable bonds is 5. The molecule has 0 saturated carbocycles. The number of nitrogens with zero attached hydrogens (tertiary/aromatic N) is 5. The quantitative estimate of drug-likeness (QED) is 0.418. The van der Waals surface area contributed by atoms with E-state index < -0.39 is 0 Å². The lowest BCUT2D eigenvalue weighted by Crippen LogP contribution is -2.31. The normalized spacial score (nSPS) is 14.2. The molecule has 2 aromatic carbocycles. The Balaban J connectivity index is 1.31. The summed E-state index contributed by atoms with van der Waals surface area (Å²) in [6, 6.07) is 9.34. The van der Waals surface area contributed by atoms with Crippen molar-refractivity contribution in [2.24, 2.45) is 5.92 Å². The Morgan fingerprint density at radius 1 is 1.16 bits per heavy atom. The SMILES string of the molecule is Cc1nc2ccc(Oc3ccc4ncc(-c5cnn(CC6COC6)c5)nc4c3Cl)cc2[nH]1. The van der Waals surface area contributed by atoms with Gasteiger partial charge < -0.3 is 14.5 Å². The van der Waals surface area contributed by atoms with E-state index in [2.05, 4.69) is 20.1 Å². The summed E-state index contributed by atoms with van der Waals surface area (Å²) in [7, 11) is 0. The first-order chi connectivity index (χ1) is 15.6. The number of aromatic nitrogens is 6. The second kappa shape index (κ2) is 7.58. The molecule has 1 aliphatic rings. The van der Waals surface area contributed by atoms with Crippen LogP contribution in [-0.2, 0) is 11.3 Å². The van der Waals surface area contributed by atoms with Crippen LogP contribution < -0.4 is 4.74 Å². The zero-order valence-electron chi connectivity index (χ0n) is 17.2. The molecule has 4 heterocycles. The molecule has 0 aliphatic carbocycles. The molecule has 3 aromatic heterocycles. The fourth-order valence-electron chi connectivity index (χ4n) is 3.80. The lowest BCUT2D eigenvalue weighted by molar-refractivity contribution is -0.0408. The number of H-pyrrole nitrogens is 1. The number of fused-ring (bicyclic) bond motifs is 2. The maximum atomic E-state index is 6.69. The van der Waals surface area contributed by atoms with Crippen LogP contribution in [0.1, 0.15) is 5.82 Å². The summed E-state index contributed by atoms with van der Waals surface area (Å²) in [5, 5.41) is 4.86. The molecule has 8 nitrogen and oxygen atoms in total. The molecule has 160 valence electrons. The second-order valence-corrected chi connectivity index (χ2v) is 8.34. The van der Waals surface area contributed by atoms with Gasteiger partial charge in [0.05, 0.1) is 47.9 Å². The zero-order valence-corrected chi connectivity index (χ0v) is 18.0. The Bertz CT molecular complexity index is 1460. The van der Waals surface area contributed by atoms with E-state index in [-0.39, 0.29) is 0 Å². The topological polar surface area (TPSA) is 90.7 Å². The third kappa shape index (κ3) is 3.47. The highest BCUT2D eigenvalue weighted by Gasteiger charge is 2.19. The van der Waals surface area contributed by atoms with Gasteiger partial charge in [-0.3, -0.25) is 9.67 Å². The smallest absolute Gasteiger partial charge is 0.148 e. The molecule has 1 N–H and O–H groups in total. The molecule has 5 aromatic rings. The largest absolute Gasteiger partial charge is 0.456 e. The Hall–Kier alpha value is -3.49. The molecule has 0 spiro atoms. The molecule has 0 radical (unpaired) electrons. The van der Waals surface area contributed by atoms with Crippen molar-refractivity contribution in [3.8, 4) is 22.8 Å². The van der Waals surface area contributed by atoms with Gasteiger partial charge in [-0.2, -0.15) is 5.10 Å². The van der Waals surface area contributed by atoms with E-state index in [1.807, 2.05) is 42.1 Å². The molecule has 0 atom stereocenters. The van der Waals surface area contributed by atoms with E-state index in [9.17, 15) is 0 Å². The van der Waals surface area contributed by atoms with Crippen LogP contribution in [0.25, 0.3) is 33.3 Å². The van der Waals surface area contributed by atoms with Crippen LogP contribution in [0.5, 0.6) is 11.5 Å². The molecule has 9 heteroatoms. The van der Waals surface area contributed by atoms with Crippen molar-refractivity contribution >= 4 is 33.7 Å².